The number of aryl methyl sites for hydroxylation is 4. The van der Waals surface area contributed by atoms with Gasteiger partial charge in [0.25, 0.3) is 5.91 Å². The molecule has 0 aliphatic rings. The lowest BCUT2D eigenvalue weighted by atomic mass is 10.1. The number of hydrogen-bond acceptors (Lipinski definition) is 3. The molecule has 5 heteroatoms. The van der Waals surface area contributed by atoms with Gasteiger partial charge >= 0.3 is 0 Å². The van der Waals surface area contributed by atoms with Crippen LogP contribution in [0.15, 0.2) is 30.3 Å². The normalized spacial score (nSPS) is 10.4. The molecule has 0 atom stereocenters. The summed E-state index contributed by atoms with van der Waals surface area (Å²) in [6.45, 7) is 7.62. The van der Waals surface area contributed by atoms with E-state index in [9.17, 15) is 14.7 Å². The molecule has 0 aliphatic heterocycles. The first kappa shape index (κ1) is 18.5. The van der Waals surface area contributed by atoms with E-state index in [0.29, 0.717) is 0 Å². The number of likely N-dealkylation sites (N-methyl/N-ethyl adjacent to an activating group) is 1. The molecule has 2 N–H and O–H groups in total. The second-order valence-electron chi connectivity index (χ2n) is 6.50. The highest BCUT2D eigenvalue weighted by Gasteiger charge is 2.19. The molecule has 0 radical (unpaired) electrons. The van der Waals surface area contributed by atoms with E-state index in [1.54, 1.807) is 12.1 Å². The molecule has 2 aromatic carbocycles. The summed E-state index contributed by atoms with van der Waals surface area (Å²) < 4.78 is 0. The summed E-state index contributed by atoms with van der Waals surface area (Å²) in [5.41, 5.74) is 4.92. The smallest absolute Gasteiger partial charge is 0.257 e. The van der Waals surface area contributed by atoms with Crippen LogP contribution in [0.4, 0.5) is 5.69 Å². The van der Waals surface area contributed by atoms with E-state index in [1.165, 1.54) is 18.0 Å². The quantitative estimate of drug-likeness (QED) is 0.897. The number of carbonyl (C=O) groups excluding carboxylic acids is 2. The largest absolute Gasteiger partial charge is 0.507 e. The Morgan fingerprint density at radius 2 is 1.60 bits per heavy atom. The molecule has 2 aromatic rings. The van der Waals surface area contributed by atoms with Crippen LogP contribution in [0.2, 0.25) is 0 Å². The molecule has 2 amide bonds. The van der Waals surface area contributed by atoms with Crippen molar-refractivity contribution in [2.45, 2.75) is 27.7 Å². The molecule has 0 fully saturated rings. The van der Waals surface area contributed by atoms with Crippen LogP contribution in [-0.2, 0) is 4.79 Å². The lowest BCUT2D eigenvalue weighted by molar-refractivity contribution is -0.116. The standard InChI is InChI=1S/C20H24N2O3/c1-12-6-7-16(17(23)10-12)20(25)22(5)11-18(24)21-19-14(3)8-13(2)9-15(19)4/h6-10,23H,11H2,1-5H3,(H,21,24). The predicted molar refractivity (Wildman–Crippen MR) is 99.1 cm³/mol. The number of rotatable bonds is 4. The Morgan fingerprint density at radius 1 is 1.00 bits per heavy atom. The number of phenols is 1. The van der Waals surface area contributed by atoms with E-state index < -0.39 is 5.91 Å². The fourth-order valence-corrected chi connectivity index (χ4v) is 2.87. The van der Waals surface area contributed by atoms with Crippen molar-refractivity contribution in [2.75, 3.05) is 18.9 Å². The van der Waals surface area contributed by atoms with Crippen molar-refractivity contribution in [3.63, 3.8) is 0 Å². The molecule has 2 rings (SSSR count). The number of hydrogen-bond donors (Lipinski definition) is 2. The predicted octanol–water partition coefficient (Wildman–Crippen LogP) is 3.34. The summed E-state index contributed by atoms with van der Waals surface area (Å²) in [5, 5.41) is 12.8. The molecule has 0 bridgehead atoms. The Bertz CT molecular complexity index is 805. The molecule has 0 heterocycles. The Morgan fingerprint density at radius 3 is 2.16 bits per heavy atom. The highest BCUT2D eigenvalue weighted by Crippen LogP contribution is 2.22. The van der Waals surface area contributed by atoms with Gasteiger partial charge in [0, 0.05) is 12.7 Å². The number of aromatic hydroxyl groups is 1. The van der Waals surface area contributed by atoms with E-state index in [-0.39, 0.29) is 23.8 Å². The summed E-state index contributed by atoms with van der Waals surface area (Å²) in [4.78, 5) is 26.0. The number of nitrogens with one attached hydrogen (secondary N) is 1. The summed E-state index contributed by atoms with van der Waals surface area (Å²) in [6, 6.07) is 8.85. The first-order valence-electron chi connectivity index (χ1n) is 8.12. The fourth-order valence-electron chi connectivity index (χ4n) is 2.87. The lowest BCUT2D eigenvalue weighted by Gasteiger charge is -2.19. The van der Waals surface area contributed by atoms with E-state index in [4.69, 9.17) is 0 Å². The van der Waals surface area contributed by atoms with Gasteiger partial charge in [0.1, 0.15) is 5.75 Å². The topological polar surface area (TPSA) is 69.6 Å². The van der Waals surface area contributed by atoms with Gasteiger partial charge in [0.2, 0.25) is 5.91 Å². The van der Waals surface area contributed by atoms with Gasteiger partial charge in [0.15, 0.2) is 0 Å². The summed E-state index contributed by atoms with van der Waals surface area (Å²) in [5.74, 6) is -0.759. The molecule has 0 saturated heterocycles. The van der Waals surface area contributed by atoms with Crippen LogP contribution < -0.4 is 5.32 Å². The second-order valence-corrected chi connectivity index (χ2v) is 6.50. The molecule has 0 unspecified atom stereocenters. The van der Waals surface area contributed by atoms with Gasteiger partial charge in [-0.1, -0.05) is 23.8 Å². The van der Waals surface area contributed by atoms with Crippen LogP contribution in [-0.4, -0.2) is 35.4 Å². The minimum atomic E-state index is -0.398. The van der Waals surface area contributed by atoms with Crippen LogP contribution in [0, 0.1) is 27.7 Å². The monoisotopic (exact) mass is 340 g/mol. The minimum absolute atomic E-state index is 0.0810. The number of benzene rings is 2. The number of nitrogens with zero attached hydrogens (tertiary/aromatic N) is 1. The van der Waals surface area contributed by atoms with Crippen LogP contribution in [0.25, 0.3) is 0 Å². The van der Waals surface area contributed by atoms with Crippen molar-refractivity contribution in [3.05, 3.63) is 58.1 Å². The van der Waals surface area contributed by atoms with E-state index >= 15 is 0 Å². The molecule has 0 spiro atoms. The second kappa shape index (κ2) is 7.38. The van der Waals surface area contributed by atoms with E-state index in [1.807, 2.05) is 39.8 Å². The Balaban J connectivity index is 2.09. The molecule has 0 aliphatic carbocycles. The van der Waals surface area contributed by atoms with Crippen LogP contribution >= 0.6 is 0 Å². The average Bonchev–Trinajstić information content (AvgIpc) is 2.50. The first-order chi connectivity index (χ1) is 11.7. The van der Waals surface area contributed by atoms with E-state index in [0.717, 1.165) is 27.9 Å². The Hall–Kier alpha value is -2.82. The van der Waals surface area contributed by atoms with Gasteiger partial charge < -0.3 is 15.3 Å². The number of anilines is 1. The van der Waals surface area contributed by atoms with Gasteiger partial charge in [-0.15, -0.1) is 0 Å². The third-order valence-electron chi connectivity index (χ3n) is 4.05. The van der Waals surface area contributed by atoms with Gasteiger partial charge in [0.05, 0.1) is 12.1 Å². The molecule has 0 saturated carbocycles. The summed E-state index contributed by atoms with van der Waals surface area (Å²) in [7, 11) is 1.54. The first-order valence-corrected chi connectivity index (χ1v) is 8.12. The van der Waals surface area contributed by atoms with Crippen molar-refractivity contribution in [3.8, 4) is 5.75 Å². The maximum atomic E-state index is 12.4. The molecule has 25 heavy (non-hydrogen) atoms. The molecule has 132 valence electrons. The molecular weight excluding hydrogens is 316 g/mol. The van der Waals surface area contributed by atoms with Crippen molar-refractivity contribution in [1.29, 1.82) is 0 Å². The third kappa shape index (κ3) is 4.38. The number of amides is 2. The zero-order valence-electron chi connectivity index (χ0n) is 15.3. The van der Waals surface area contributed by atoms with Crippen molar-refractivity contribution in [2.24, 2.45) is 0 Å². The molecule has 0 aromatic heterocycles. The molecular formula is C20H24N2O3. The van der Waals surface area contributed by atoms with Crippen molar-refractivity contribution >= 4 is 17.5 Å². The van der Waals surface area contributed by atoms with Gasteiger partial charge in [-0.25, -0.2) is 0 Å². The number of phenolic OH excluding ortho intramolecular Hbond substituents is 1. The number of carbonyl (C=O) groups is 2. The summed E-state index contributed by atoms with van der Waals surface area (Å²) >= 11 is 0. The SMILES string of the molecule is Cc1cc(C)c(NC(=O)CN(C)C(=O)c2ccc(C)cc2O)c(C)c1. The highest BCUT2D eigenvalue weighted by molar-refractivity contribution is 6.01. The third-order valence-corrected chi connectivity index (χ3v) is 4.05. The average molecular weight is 340 g/mol. The van der Waals surface area contributed by atoms with Gasteiger partial charge in [-0.05, 0) is 56.5 Å². The maximum Gasteiger partial charge on any atom is 0.257 e. The zero-order valence-corrected chi connectivity index (χ0v) is 15.3. The Kier molecular flexibility index (Phi) is 5.47. The van der Waals surface area contributed by atoms with Gasteiger partial charge in [-0.2, -0.15) is 0 Å². The minimum Gasteiger partial charge on any atom is -0.507 e. The van der Waals surface area contributed by atoms with Crippen molar-refractivity contribution < 1.29 is 14.7 Å². The maximum absolute atomic E-state index is 12.4. The molecule has 5 nitrogen and oxygen atoms in total. The van der Waals surface area contributed by atoms with Crippen LogP contribution in [0.1, 0.15) is 32.6 Å². The fraction of sp³-hybridized carbons (Fsp3) is 0.300. The van der Waals surface area contributed by atoms with Gasteiger partial charge in [-0.3, -0.25) is 9.59 Å². The zero-order chi connectivity index (χ0) is 18.7. The van der Waals surface area contributed by atoms with Crippen LogP contribution in [0.5, 0.6) is 5.75 Å². The summed E-state index contributed by atoms with van der Waals surface area (Å²) in [6.07, 6.45) is 0. The lowest BCUT2D eigenvalue weighted by Crippen LogP contribution is -2.35. The van der Waals surface area contributed by atoms with Crippen LogP contribution in [0.3, 0.4) is 0 Å². The van der Waals surface area contributed by atoms with E-state index in [2.05, 4.69) is 5.32 Å². The highest BCUT2D eigenvalue weighted by atomic mass is 16.3. The van der Waals surface area contributed by atoms with Crippen molar-refractivity contribution in [1.82, 2.24) is 4.90 Å². The Labute approximate surface area is 148 Å².